The maximum atomic E-state index is 10.5. The summed E-state index contributed by atoms with van der Waals surface area (Å²) in [6.07, 6.45) is 0.655. The second-order valence-electron chi connectivity index (χ2n) is 8.33. The van der Waals surface area contributed by atoms with Crippen LogP contribution in [0.25, 0.3) is 0 Å². The van der Waals surface area contributed by atoms with Crippen molar-refractivity contribution in [3.63, 3.8) is 0 Å². The van der Waals surface area contributed by atoms with E-state index in [1.165, 1.54) is 11.1 Å². The fraction of sp³-hybridized carbons (Fsp3) is 0.429. The molecule has 2 aromatic rings. The molecule has 0 saturated carbocycles. The molecule has 0 spiro atoms. The molecule has 0 heterocycles. The van der Waals surface area contributed by atoms with Gasteiger partial charge in [0.05, 0.1) is 0 Å². The molecule has 0 bridgehead atoms. The van der Waals surface area contributed by atoms with E-state index in [0.717, 1.165) is 11.1 Å². The topological polar surface area (TPSA) is 40.5 Å². The fourth-order valence-corrected chi connectivity index (χ4v) is 3.12. The Balaban J connectivity index is 2.63. The monoisotopic (exact) mass is 312 g/mol. The minimum Gasteiger partial charge on any atom is -0.508 e. The Morgan fingerprint density at radius 1 is 0.739 bits per heavy atom. The van der Waals surface area contributed by atoms with Crippen LogP contribution in [-0.4, -0.2) is 10.2 Å². The summed E-state index contributed by atoms with van der Waals surface area (Å²) in [4.78, 5) is 0. The first-order chi connectivity index (χ1) is 10.5. The Kier molecular flexibility index (Phi) is 4.48. The molecule has 0 amide bonds. The van der Waals surface area contributed by atoms with Gasteiger partial charge in [0, 0.05) is 12.0 Å². The van der Waals surface area contributed by atoms with Crippen LogP contribution in [-0.2, 0) is 17.3 Å². The summed E-state index contributed by atoms with van der Waals surface area (Å²) in [5.74, 6) is 0.605. The van der Waals surface area contributed by atoms with Gasteiger partial charge in [0.25, 0.3) is 0 Å². The SMILES string of the molecule is CC(C)(C)c1ccc(O)c(Cc2ccc(O)cc2)c1C(C)(C)C. The van der Waals surface area contributed by atoms with E-state index < -0.39 is 0 Å². The third kappa shape index (κ3) is 3.87. The number of hydrogen-bond donors (Lipinski definition) is 2. The van der Waals surface area contributed by atoms with Crippen LogP contribution in [0.5, 0.6) is 11.5 Å². The van der Waals surface area contributed by atoms with Crippen LogP contribution in [0.4, 0.5) is 0 Å². The molecule has 124 valence electrons. The maximum absolute atomic E-state index is 10.5. The molecule has 23 heavy (non-hydrogen) atoms. The van der Waals surface area contributed by atoms with Crippen molar-refractivity contribution >= 4 is 0 Å². The number of benzene rings is 2. The lowest BCUT2D eigenvalue weighted by atomic mass is 9.72. The van der Waals surface area contributed by atoms with Crippen molar-refractivity contribution < 1.29 is 10.2 Å². The minimum absolute atomic E-state index is 0.0139. The standard InChI is InChI=1S/C21H28O2/c1-20(2,3)17-11-12-18(23)16(19(17)21(4,5)6)13-14-7-9-15(22)10-8-14/h7-12,22-23H,13H2,1-6H3. The normalized spacial score (nSPS) is 12.4. The molecular formula is C21H28O2. The van der Waals surface area contributed by atoms with Gasteiger partial charge in [0.1, 0.15) is 11.5 Å². The Bertz CT molecular complexity index is 684. The minimum atomic E-state index is -0.0619. The zero-order chi connectivity index (χ0) is 17.4. The van der Waals surface area contributed by atoms with Crippen molar-refractivity contribution in [2.24, 2.45) is 0 Å². The fourth-order valence-electron chi connectivity index (χ4n) is 3.12. The quantitative estimate of drug-likeness (QED) is 0.791. The molecule has 0 atom stereocenters. The molecule has 0 aliphatic carbocycles. The molecular weight excluding hydrogens is 284 g/mol. The van der Waals surface area contributed by atoms with Crippen molar-refractivity contribution in [3.8, 4) is 11.5 Å². The van der Waals surface area contributed by atoms with E-state index in [1.54, 1.807) is 12.1 Å². The molecule has 0 aliphatic heterocycles. The molecule has 2 N–H and O–H groups in total. The summed E-state index contributed by atoms with van der Waals surface area (Å²) in [6.45, 7) is 13.2. The van der Waals surface area contributed by atoms with Crippen molar-refractivity contribution in [3.05, 3.63) is 58.7 Å². The Morgan fingerprint density at radius 3 is 1.78 bits per heavy atom. The average molecular weight is 312 g/mol. The van der Waals surface area contributed by atoms with Gasteiger partial charge in [0.2, 0.25) is 0 Å². The zero-order valence-electron chi connectivity index (χ0n) is 15.1. The number of hydrogen-bond acceptors (Lipinski definition) is 2. The van der Waals surface area contributed by atoms with Crippen LogP contribution in [0.15, 0.2) is 36.4 Å². The molecule has 0 radical (unpaired) electrons. The van der Waals surface area contributed by atoms with Gasteiger partial charge >= 0.3 is 0 Å². The summed E-state index contributed by atoms with van der Waals surface area (Å²) < 4.78 is 0. The van der Waals surface area contributed by atoms with E-state index in [2.05, 4.69) is 47.6 Å². The van der Waals surface area contributed by atoms with Gasteiger partial charge in [-0.1, -0.05) is 59.7 Å². The summed E-state index contributed by atoms with van der Waals surface area (Å²) in [5.41, 5.74) is 4.51. The first-order valence-corrected chi connectivity index (χ1v) is 8.14. The maximum Gasteiger partial charge on any atom is 0.119 e. The van der Waals surface area contributed by atoms with E-state index in [9.17, 15) is 10.2 Å². The van der Waals surface area contributed by atoms with Gasteiger partial charge in [-0.05, 0) is 45.7 Å². The third-order valence-electron chi connectivity index (χ3n) is 4.16. The van der Waals surface area contributed by atoms with E-state index in [4.69, 9.17) is 0 Å². The lowest BCUT2D eigenvalue weighted by Crippen LogP contribution is -2.24. The van der Waals surface area contributed by atoms with Gasteiger partial charge in [-0.3, -0.25) is 0 Å². The van der Waals surface area contributed by atoms with Crippen molar-refractivity contribution in [2.75, 3.05) is 0 Å². The van der Waals surface area contributed by atoms with Gasteiger partial charge < -0.3 is 10.2 Å². The van der Waals surface area contributed by atoms with Crippen molar-refractivity contribution in [1.82, 2.24) is 0 Å². The highest BCUT2D eigenvalue weighted by atomic mass is 16.3. The predicted octanol–water partition coefficient (Wildman–Crippen LogP) is 5.28. The van der Waals surface area contributed by atoms with Crippen LogP contribution in [0.1, 0.15) is 63.8 Å². The molecule has 2 aromatic carbocycles. The largest absolute Gasteiger partial charge is 0.508 e. The summed E-state index contributed by atoms with van der Waals surface area (Å²) in [7, 11) is 0. The lowest BCUT2D eigenvalue weighted by molar-refractivity contribution is 0.458. The van der Waals surface area contributed by atoms with Crippen molar-refractivity contribution in [2.45, 2.75) is 58.8 Å². The van der Waals surface area contributed by atoms with Crippen LogP contribution >= 0.6 is 0 Å². The summed E-state index contributed by atoms with van der Waals surface area (Å²) >= 11 is 0. The number of aromatic hydroxyl groups is 2. The predicted molar refractivity (Wildman–Crippen MR) is 96.4 cm³/mol. The van der Waals surface area contributed by atoms with Gasteiger partial charge in [-0.25, -0.2) is 0 Å². The van der Waals surface area contributed by atoms with Gasteiger partial charge in [0.15, 0.2) is 0 Å². The zero-order valence-corrected chi connectivity index (χ0v) is 15.1. The molecule has 2 rings (SSSR count). The first kappa shape index (κ1) is 17.4. The summed E-state index contributed by atoms with van der Waals surface area (Å²) in [6, 6.07) is 11.1. The molecule has 0 fully saturated rings. The first-order valence-electron chi connectivity index (χ1n) is 8.14. The van der Waals surface area contributed by atoms with E-state index in [1.807, 2.05) is 18.2 Å². The van der Waals surface area contributed by atoms with E-state index in [-0.39, 0.29) is 16.6 Å². The third-order valence-corrected chi connectivity index (χ3v) is 4.16. The van der Waals surface area contributed by atoms with E-state index in [0.29, 0.717) is 12.2 Å². The van der Waals surface area contributed by atoms with E-state index >= 15 is 0 Å². The smallest absolute Gasteiger partial charge is 0.119 e. The van der Waals surface area contributed by atoms with Crippen LogP contribution in [0.3, 0.4) is 0 Å². The second-order valence-corrected chi connectivity index (χ2v) is 8.33. The highest BCUT2D eigenvalue weighted by Crippen LogP contribution is 2.40. The summed E-state index contributed by atoms with van der Waals surface area (Å²) in [5, 5.41) is 20.0. The van der Waals surface area contributed by atoms with Crippen LogP contribution < -0.4 is 0 Å². The Morgan fingerprint density at radius 2 is 1.30 bits per heavy atom. The average Bonchev–Trinajstić information content (AvgIpc) is 2.40. The molecule has 2 nitrogen and oxygen atoms in total. The Hall–Kier alpha value is -1.96. The lowest BCUT2D eigenvalue weighted by Gasteiger charge is -2.33. The number of phenolic OH excluding ortho intramolecular Hbond substituents is 2. The van der Waals surface area contributed by atoms with Crippen molar-refractivity contribution in [1.29, 1.82) is 0 Å². The van der Waals surface area contributed by atoms with Crippen LogP contribution in [0, 0.1) is 0 Å². The van der Waals surface area contributed by atoms with Crippen LogP contribution in [0.2, 0.25) is 0 Å². The molecule has 2 heteroatoms. The van der Waals surface area contributed by atoms with Gasteiger partial charge in [-0.2, -0.15) is 0 Å². The highest BCUT2D eigenvalue weighted by molar-refractivity contribution is 5.52. The molecule has 0 aliphatic rings. The Labute approximate surface area is 139 Å². The molecule has 0 saturated heterocycles. The number of phenols is 2. The number of rotatable bonds is 2. The van der Waals surface area contributed by atoms with Gasteiger partial charge in [-0.15, -0.1) is 0 Å². The highest BCUT2D eigenvalue weighted by Gasteiger charge is 2.29. The molecule has 0 aromatic heterocycles. The second kappa shape index (κ2) is 5.92. The molecule has 0 unspecified atom stereocenters.